The number of aliphatic carboxylic acids is 1. The van der Waals surface area contributed by atoms with Crippen molar-refractivity contribution in [3.63, 3.8) is 0 Å². The summed E-state index contributed by atoms with van der Waals surface area (Å²) >= 11 is 1.40. The fraction of sp³-hybridized carbons (Fsp3) is 0.400. The Morgan fingerprint density at radius 1 is 1.33 bits per heavy atom. The quantitative estimate of drug-likeness (QED) is 0.822. The summed E-state index contributed by atoms with van der Waals surface area (Å²) in [6, 6.07) is 9.35. The highest BCUT2D eigenvalue weighted by Gasteiger charge is 2.50. The Morgan fingerprint density at radius 3 is 2.74 bits per heavy atom. The van der Waals surface area contributed by atoms with Crippen molar-refractivity contribution in [1.82, 2.24) is 4.90 Å². The summed E-state index contributed by atoms with van der Waals surface area (Å²) in [5.41, 5.74) is -1.08. The van der Waals surface area contributed by atoms with Gasteiger partial charge in [0.1, 0.15) is 11.2 Å². The molecule has 5 nitrogen and oxygen atoms in total. The van der Waals surface area contributed by atoms with Crippen LogP contribution in [-0.4, -0.2) is 46.2 Å². The van der Waals surface area contributed by atoms with E-state index in [9.17, 15) is 24.2 Å². The van der Waals surface area contributed by atoms with E-state index in [4.69, 9.17) is 0 Å². The van der Waals surface area contributed by atoms with Gasteiger partial charge in [-0.1, -0.05) is 19.1 Å². The van der Waals surface area contributed by atoms with E-state index in [0.717, 1.165) is 11.3 Å². The van der Waals surface area contributed by atoms with E-state index in [1.54, 1.807) is 12.1 Å². The summed E-state index contributed by atoms with van der Waals surface area (Å²) in [5.74, 6) is -1.87. The van der Waals surface area contributed by atoms with Crippen LogP contribution in [-0.2, 0) is 17.6 Å². The molecular weight excluding hydrogens is 369 g/mol. The molecule has 27 heavy (non-hydrogen) atoms. The van der Waals surface area contributed by atoms with Gasteiger partial charge in [-0.3, -0.25) is 9.59 Å². The second-order valence-corrected chi connectivity index (χ2v) is 8.09. The molecule has 2 atom stereocenters. The van der Waals surface area contributed by atoms with Crippen molar-refractivity contribution in [2.45, 2.75) is 32.3 Å². The van der Waals surface area contributed by atoms with Gasteiger partial charge in [0.15, 0.2) is 0 Å². The Kier molecular flexibility index (Phi) is 5.62. The van der Waals surface area contributed by atoms with Crippen molar-refractivity contribution in [2.24, 2.45) is 5.41 Å². The van der Waals surface area contributed by atoms with Crippen LogP contribution < -0.4 is 0 Å². The Balaban J connectivity index is 1.88. The number of amides is 1. The van der Waals surface area contributed by atoms with Crippen LogP contribution in [0.1, 0.15) is 33.5 Å². The first-order valence-electron chi connectivity index (χ1n) is 8.89. The number of hydrogen-bond donors (Lipinski definition) is 2. The molecule has 0 aliphatic carbocycles. The third-order valence-electron chi connectivity index (χ3n) is 5.13. The van der Waals surface area contributed by atoms with Crippen LogP contribution in [0.2, 0.25) is 0 Å². The predicted octanol–water partition coefficient (Wildman–Crippen LogP) is 2.97. The van der Waals surface area contributed by atoms with Crippen LogP contribution in [0.5, 0.6) is 0 Å². The zero-order valence-electron chi connectivity index (χ0n) is 15.0. The Hall–Kier alpha value is -2.25. The number of aliphatic hydroxyl groups excluding tert-OH is 1. The first kappa shape index (κ1) is 19.5. The lowest BCUT2D eigenvalue weighted by Gasteiger charge is -2.43. The molecular formula is C20H22FNO4S. The number of hydrogen-bond acceptors (Lipinski definition) is 4. The molecule has 144 valence electrons. The number of carbonyl (C=O) groups is 2. The summed E-state index contributed by atoms with van der Waals surface area (Å²) in [5, 5.41) is 20.4. The van der Waals surface area contributed by atoms with Gasteiger partial charge in [-0.15, -0.1) is 11.3 Å². The molecule has 1 aliphatic heterocycles. The maximum absolute atomic E-state index is 13.5. The molecule has 1 amide bonds. The number of thiophene rings is 1. The van der Waals surface area contributed by atoms with E-state index in [-0.39, 0.29) is 31.8 Å². The third-order valence-corrected chi connectivity index (χ3v) is 6.34. The fourth-order valence-corrected chi connectivity index (χ4v) is 4.48. The molecule has 0 saturated carbocycles. The van der Waals surface area contributed by atoms with Gasteiger partial charge in [0.25, 0.3) is 5.91 Å². The van der Waals surface area contributed by atoms with E-state index in [1.807, 2.05) is 13.0 Å². The summed E-state index contributed by atoms with van der Waals surface area (Å²) in [4.78, 5) is 28.1. The van der Waals surface area contributed by atoms with Gasteiger partial charge < -0.3 is 15.1 Å². The minimum absolute atomic E-state index is 0.0459. The Labute approximate surface area is 161 Å². The molecule has 0 unspecified atom stereocenters. The molecule has 1 aliphatic rings. The maximum atomic E-state index is 13.5. The van der Waals surface area contributed by atoms with Crippen molar-refractivity contribution < 1.29 is 24.2 Å². The molecule has 1 fully saturated rings. The van der Waals surface area contributed by atoms with Crippen LogP contribution in [0, 0.1) is 11.2 Å². The minimum Gasteiger partial charge on any atom is -0.481 e. The Bertz CT molecular complexity index is 852. The van der Waals surface area contributed by atoms with Gasteiger partial charge in [-0.2, -0.15) is 0 Å². The Morgan fingerprint density at radius 2 is 2.11 bits per heavy atom. The highest BCUT2D eigenvalue weighted by Crippen LogP contribution is 2.36. The van der Waals surface area contributed by atoms with Gasteiger partial charge in [-0.05, 0) is 49.1 Å². The van der Waals surface area contributed by atoms with Gasteiger partial charge in [0, 0.05) is 18.0 Å². The number of aryl methyl sites for hydroxylation is 1. The number of rotatable bonds is 5. The van der Waals surface area contributed by atoms with Crippen molar-refractivity contribution in [1.29, 1.82) is 0 Å². The van der Waals surface area contributed by atoms with Crippen molar-refractivity contribution in [2.75, 3.05) is 13.1 Å². The van der Waals surface area contributed by atoms with Crippen LogP contribution >= 0.6 is 11.3 Å². The lowest BCUT2D eigenvalue weighted by atomic mass is 9.72. The van der Waals surface area contributed by atoms with E-state index in [2.05, 4.69) is 0 Å². The van der Waals surface area contributed by atoms with Crippen LogP contribution in [0.4, 0.5) is 4.39 Å². The van der Waals surface area contributed by atoms with E-state index in [1.165, 1.54) is 34.4 Å². The van der Waals surface area contributed by atoms with Crippen molar-refractivity contribution in [3.05, 3.63) is 57.5 Å². The highest BCUT2D eigenvalue weighted by atomic mass is 32.1. The monoisotopic (exact) mass is 391 g/mol. The molecule has 1 aromatic carbocycles. The van der Waals surface area contributed by atoms with E-state index < -0.39 is 23.3 Å². The average molecular weight is 391 g/mol. The van der Waals surface area contributed by atoms with Gasteiger partial charge in [-0.25, -0.2) is 4.39 Å². The molecule has 1 saturated heterocycles. The highest BCUT2D eigenvalue weighted by molar-refractivity contribution is 7.14. The molecule has 2 N–H and O–H groups in total. The lowest BCUT2D eigenvalue weighted by Crippen LogP contribution is -2.58. The first-order chi connectivity index (χ1) is 12.9. The minimum atomic E-state index is -1.56. The van der Waals surface area contributed by atoms with Crippen LogP contribution in [0.3, 0.4) is 0 Å². The predicted molar refractivity (Wildman–Crippen MR) is 100 cm³/mol. The van der Waals surface area contributed by atoms with E-state index >= 15 is 0 Å². The fourth-order valence-electron chi connectivity index (χ4n) is 3.56. The normalized spacial score (nSPS) is 22.6. The number of carboxylic acids is 1. The molecule has 2 heterocycles. The number of piperidine rings is 1. The number of carbonyl (C=O) groups excluding carboxylic acids is 1. The summed E-state index contributed by atoms with van der Waals surface area (Å²) in [6.45, 7) is 2.18. The van der Waals surface area contributed by atoms with E-state index in [0.29, 0.717) is 10.4 Å². The molecule has 1 aromatic heterocycles. The molecule has 0 radical (unpaired) electrons. The number of carboxylic acid groups (broad SMARTS) is 1. The second kappa shape index (κ2) is 7.78. The topological polar surface area (TPSA) is 77.8 Å². The van der Waals surface area contributed by atoms with Crippen molar-refractivity contribution in [3.8, 4) is 0 Å². The molecule has 2 aromatic rings. The smallest absolute Gasteiger partial charge is 0.314 e. The molecule has 0 spiro atoms. The number of halogens is 1. The van der Waals surface area contributed by atoms with Gasteiger partial charge in [0.05, 0.1) is 11.0 Å². The standard InChI is InChI=1S/C20H22FNO4S/c1-2-15-6-7-16(27-15)18(24)22-9-8-17(23)20(12-22,19(25)26)11-13-4-3-5-14(21)10-13/h3-7,10,17,23H,2,8-9,11-12H2,1H3,(H,25,26)/t17-,20+/m0/s1. The summed E-state index contributed by atoms with van der Waals surface area (Å²) in [7, 11) is 0. The molecule has 3 rings (SSSR count). The summed E-state index contributed by atoms with van der Waals surface area (Å²) in [6.07, 6.45) is -0.165. The first-order valence-corrected chi connectivity index (χ1v) is 9.71. The number of benzene rings is 1. The summed E-state index contributed by atoms with van der Waals surface area (Å²) < 4.78 is 13.5. The number of aliphatic hydroxyl groups is 1. The SMILES string of the molecule is CCc1ccc(C(=O)N2CC[C@H](O)[C@](Cc3cccc(F)c3)(C(=O)O)C2)s1. The van der Waals surface area contributed by atoms with Gasteiger partial charge in [0.2, 0.25) is 0 Å². The van der Waals surface area contributed by atoms with Crippen LogP contribution in [0.15, 0.2) is 36.4 Å². The third kappa shape index (κ3) is 3.89. The maximum Gasteiger partial charge on any atom is 0.314 e. The van der Waals surface area contributed by atoms with Crippen LogP contribution in [0.25, 0.3) is 0 Å². The zero-order valence-corrected chi connectivity index (χ0v) is 15.8. The molecule has 0 bridgehead atoms. The largest absolute Gasteiger partial charge is 0.481 e. The number of nitrogens with zero attached hydrogens (tertiary/aromatic N) is 1. The second-order valence-electron chi connectivity index (χ2n) is 6.92. The zero-order chi connectivity index (χ0) is 19.6. The lowest BCUT2D eigenvalue weighted by molar-refractivity contribution is -0.161. The van der Waals surface area contributed by atoms with Crippen molar-refractivity contribution >= 4 is 23.2 Å². The number of likely N-dealkylation sites (tertiary alicyclic amines) is 1. The average Bonchev–Trinajstić information content (AvgIpc) is 3.12. The van der Waals surface area contributed by atoms with Gasteiger partial charge >= 0.3 is 5.97 Å². The molecule has 7 heteroatoms.